The predicted octanol–water partition coefficient (Wildman–Crippen LogP) is 0.680. The lowest BCUT2D eigenvalue weighted by molar-refractivity contribution is -0.141. The van der Waals surface area contributed by atoms with E-state index < -0.39 is 16.8 Å². The van der Waals surface area contributed by atoms with Crippen molar-refractivity contribution in [1.29, 1.82) is 0 Å². The summed E-state index contributed by atoms with van der Waals surface area (Å²) in [5.74, 6) is -0.933. The van der Waals surface area contributed by atoms with Crippen LogP contribution < -0.4 is 0 Å². The second-order valence-corrected chi connectivity index (χ2v) is 4.58. The largest absolute Gasteiger partial charge is 0.381 e. The zero-order chi connectivity index (χ0) is 11.7. The van der Waals surface area contributed by atoms with E-state index in [1.54, 1.807) is 0 Å². The molecule has 0 bridgehead atoms. The monoisotopic (exact) mass is 283 g/mol. The number of amides is 2. The van der Waals surface area contributed by atoms with Gasteiger partial charge in [0.25, 0.3) is 5.91 Å². The fraction of sp³-hybridized carbons (Fsp3) is 0.273. The molecule has 0 spiro atoms. The summed E-state index contributed by atoms with van der Waals surface area (Å²) in [6, 6.07) is 9.19. The van der Waals surface area contributed by atoms with Crippen LogP contribution in [0.4, 0.5) is 0 Å². The van der Waals surface area contributed by atoms with Crippen LogP contribution in [0.1, 0.15) is 5.56 Å². The van der Waals surface area contributed by atoms with Crippen LogP contribution in [-0.2, 0) is 16.1 Å². The van der Waals surface area contributed by atoms with Gasteiger partial charge in [0.05, 0.1) is 6.54 Å². The summed E-state index contributed by atoms with van der Waals surface area (Å²) in [5, 5.41) is 9.43. The Morgan fingerprint density at radius 3 is 2.31 bits per heavy atom. The van der Waals surface area contributed by atoms with Crippen molar-refractivity contribution in [3.8, 4) is 0 Å². The van der Waals surface area contributed by atoms with E-state index in [0.717, 1.165) is 10.5 Å². The van der Waals surface area contributed by atoms with Crippen LogP contribution in [0.5, 0.6) is 0 Å². The summed E-state index contributed by atoms with van der Waals surface area (Å²) in [7, 11) is 0. The first kappa shape index (κ1) is 11.3. The van der Waals surface area contributed by atoms with Crippen LogP contribution >= 0.6 is 15.9 Å². The SMILES string of the molecule is O=C1[C@@H](Br)[C@@H](O)C(=O)N1Cc1ccccc1. The number of likely N-dealkylation sites (tertiary alicyclic amines) is 1. The molecule has 0 radical (unpaired) electrons. The number of imide groups is 1. The Hall–Kier alpha value is -1.20. The molecule has 2 amide bonds. The first-order valence-electron chi connectivity index (χ1n) is 4.82. The van der Waals surface area contributed by atoms with Gasteiger partial charge < -0.3 is 5.11 Å². The lowest BCUT2D eigenvalue weighted by atomic mass is 10.2. The summed E-state index contributed by atoms with van der Waals surface area (Å²) >= 11 is 3.00. The van der Waals surface area contributed by atoms with Gasteiger partial charge in [-0.1, -0.05) is 46.3 Å². The molecule has 1 aromatic carbocycles. The van der Waals surface area contributed by atoms with E-state index in [9.17, 15) is 14.7 Å². The van der Waals surface area contributed by atoms with Crippen molar-refractivity contribution in [3.05, 3.63) is 35.9 Å². The molecule has 1 heterocycles. The molecule has 4 nitrogen and oxygen atoms in total. The molecule has 1 N–H and O–H groups in total. The van der Waals surface area contributed by atoms with Crippen LogP contribution in [0.25, 0.3) is 0 Å². The molecule has 1 saturated heterocycles. The van der Waals surface area contributed by atoms with E-state index in [2.05, 4.69) is 15.9 Å². The lowest BCUT2D eigenvalue weighted by Gasteiger charge is -2.13. The van der Waals surface area contributed by atoms with Gasteiger partial charge in [0.15, 0.2) is 6.10 Å². The number of alkyl halides is 1. The zero-order valence-electron chi connectivity index (χ0n) is 8.34. The Kier molecular flexibility index (Phi) is 3.07. The number of hydrogen-bond donors (Lipinski definition) is 1. The molecular weight excluding hydrogens is 274 g/mol. The zero-order valence-corrected chi connectivity index (χ0v) is 9.92. The standard InChI is InChI=1S/C11H10BrNO3/c12-8-9(14)11(16)13(10(8)15)6-7-4-2-1-3-5-7/h1-5,8-9,14H,6H2/t8-,9+/m0/s1. The highest BCUT2D eigenvalue weighted by Gasteiger charge is 2.45. The molecule has 1 aromatic rings. The number of aliphatic hydroxyl groups excluding tert-OH is 1. The summed E-state index contributed by atoms with van der Waals surface area (Å²) in [5.41, 5.74) is 0.859. The number of benzene rings is 1. The third-order valence-electron chi connectivity index (χ3n) is 2.48. The first-order chi connectivity index (χ1) is 7.61. The van der Waals surface area contributed by atoms with Gasteiger partial charge in [-0.2, -0.15) is 0 Å². The molecule has 0 aliphatic carbocycles. The van der Waals surface area contributed by atoms with Crippen molar-refractivity contribution >= 4 is 27.7 Å². The molecule has 0 saturated carbocycles. The summed E-state index contributed by atoms with van der Waals surface area (Å²) in [6.45, 7) is 0.206. The second-order valence-electron chi connectivity index (χ2n) is 3.59. The van der Waals surface area contributed by atoms with Gasteiger partial charge in [0.2, 0.25) is 5.91 Å². The van der Waals surface area contributed by atoms with Gasteiger partial charge in [-0.15, -0.1) is 0 Å². The average Bonchev–Trinajstić information content (AvgIpc) is 2.48. The molecule has 16 heavy (non-hydrogen) atoms. The lowest BCUT2D eigenvalue weighted by Crippen LogP contribution is -2.31. The van der Waals surface area contributed by atoms with Gasteiger partial charge in [-0.3, -0.25) is 14.5 Å². The summed E-state index contributed by atoms with van der Waals surface area (Å²) < 4.78 is 0. The number of halogens is 1. The molecule has 84 valence electrons. The minimum Gasteiger partial charge on any atom is -0.381 e. The van der Waals surface area contributed by atoms with Gasteiger partial charge in [-0.05, 0) is 5.56 Å². The predicted molar refractivity (Wildman–Crippen MR) is 60.7 cm³/mol. The molecule has 1 fully saturated rings. The third kappa shape index (κ3) is 1.88. The Balaban J connectivity index is 2.17. The van der Waals surface area contributed by atoms with Gasteiger partial charge in [-0.25, -0.2) is 0 Å². The summed E-state index contributed by atoms with van der Waals surface area (Å²) in [6.07, 6.45) is -1.27. The Labute approximate surface area is 101 Å². The smallest absolute Gasteiger partial charge is 0.260 e. The van der Waals surface area contributed by atoms with Crippen molar-refractivity contribution in [1.82, 2.24) is 4.90 Å². The topological polar surface area (TPSA) is 57.6 Å². The number of rotatable bonds is 2. The molecular formula is C11H10BrNO3. The van der Waals surface area contributed by atoms with Crippen molar-refractivity contribution < 1.29 is 14.7 Å². The maximum Gasteiger partial charge on any atom is 0.260 e. The van der Waals surface area contributed by atoms with E-state index in [1.807, 2.05) is 30.3 Å². The molecule has 2 rings (SSSR count). The summed E-state index contributed by atoms with van der Waals surface area (Å²) in [4.78, 5) is 23.4. The molecule has 0 aromatic heterocycles. The van der Waals surface area contributed by atoms with E-state index >= 15 is 0 Å². The quantitative estimate of drug-likeness (QED) is 0.642. The van der Waals surface area contributed by atoms with Crippen LogP contribution in [0, 0.1) is 0 Å². The maximum atomic E-state index is 11.6. The Morgan fingerprint density at radius 1 is 1.19 bits per heavy atom. The van der Waals surface area contributed by atoms with E-state index in [1.165, 1.54) is 0 Å². The highest BCUT2D eigenvalue weighted by molar-refractivity contribution is 9.10. The van der Waals surface area contributed by atoms with Crippen molar-refractivity contribution in [2.24, 2.45) is 0 Å². The highest BCUT2D eigenvalue weighted by atomic mass is 79.9. The molecule has 1 aliphatic heterocycles. The molecule has 2 atom stereocenters. The van der Waals surface area contributed by atoms with Crippen molar-refractivity contribution in [2.75, 3.05) is 0 Å². The minimum absolute atomic E-state index is 0.206. The van der Waals surface area contributed by atoms with Crippen LogP contribution in [0.3, 0.4) is 0 Å². The Bertz CT molecular complexity index is 400. The number of carbonyl (C=O) groups excluding carboxylic acids is 2. The van der Waals surface area contributed by atoms with Gasteiger partial charge in [0.1, 0.15) is 4.83 Å². The number of hydrogen-bond acceptors (Lipinski definition) is 3. The van der Waals surface area contributed by atoms with E-state index in [4.69, 9.17) is 0 Å². The molecule has 5 heteroatoms. The first-order valence-corrected chi connectivity index (χ1v) is 5.74. The average molecular weight is 284 g/mol. The molecule has 0 unspecified atom stereocenters. The highest BCUT2D eigenvalue weighted by Crippen LogP contribution is 2.22. The van der Waals surface area contributed by atoms with E-state index in [-0.39, 0.29) is 12.5 Å². The fourth-order valence-corrected chi connectivity index (χ4v) is 2.07. The third-order valence-corrected chi connectivity index (χ3v) is 3.37. The fourth-order valence-electron chi connectivity index (χ4n) is 1.60. The number of nitrogens with zero attached hydrogens (tertiary/aromatic N) is 1. The van der Waals surface area contributed by atoms with Crippen LogP contribution in [-0.4, -0.2) is 32.8 Å². The second kappa shape index (κ2) is 4.35. The normalized spacial score (nSPS) is 25.2. The van der Waals surface area contributed by atoms with Crippen molar-refractivity contribution in [2.45, 2.75) is 17.5 Å². The van der Waals surface area contributed by atoms with Crippen LogP contribution in [0.15, 0.2) is 30.3 Å². The van der Waals surface area contributed by atoms with Gasteiger partial charge in [0, 0.05) is 0 Å². The minimum atomic E-state index is -1.27. The van der Waals surface area contributed by atoms with Crippen molar-refractivity contribution in [3.63, 3.8) is 0 Å². The Morgan fingerprint density at radius 2 is 1.81 bits per heavy atom. The van der Waals surface area contributed by atoms with Crippen LogP contribution in [0.2, 0.25) is 0 Å². The van der Waals surface area contributed by atoms with E-state index in [0.29, 0.717) is 0 Å². The van der Waals surface area contributed by atoms with Gasteiger partial charge >= 0.3 is 0 Å². The number of aliphatic hydroxyl groups is 1. The number of carbonyl (C=O) groups is 2. The maximum absolute atomic E-state index is 11.6. The molecule has 1 aliphatic rings.